The average molecular weight is 364 g/mol. The second-order valence-electron chi connectivity index (χ2n) is 5.32. The van der Waals surface area contributed by atoms with Gasteiger partial charge in [0.2, 0.25) is 11.8 Å². The number of hydrogen-bond acceptors (Lipinski definition) is 4. The van der Waals surface area contributed by atoms with E-state index in [-0.39, 0.29) is 12.2 Å². The highest BCUT2D eigenvalue weighted by molar-refractivity contribution is 6.02. The summed E-state index contributed by atoms with van der Waals surface area (Å²) < 4.78 is 36.9. The third-order valence-corrected chi connectivity index (χ3v) is 3.56. The molecular weight excluding hydrogens is 346 g/mol. The number of rotatable bonds is 6. The first kappa shape index (κ1) is 19.2. The number of ether oxygens (including phenoxy) is 2. The number of amides is 2. The maximum absolute atomic E-state index is 13.7. The number of hydrogen-bond donors (Lipinski definition) is 1. The van der Waals surface area contributed by atoms with Crippen molar-refractivity contribution < 1.29 is 27.8 Å². The van der Waals surface area contributed by atoms with Gasteiger partial charge < -0.3 is 14.8 Å². The Kier molecular flexibility index (Phi) is 6.11. The lowest BCUT2D eigenvalue weighted by Crippen LogP contribution is -2.37. The molecule has 0 aromatic heterocycles. The highest BCUT2D eigenvalue weighted by Gasteiger charge is 2.20. The Morgan fingerprint density at radius 2 is 1.81 bits per heavy atom. The third-order valence-electron chi connectivity index (χ3n) is 3.56. The molecule has 2 amide bonds. The molecule has 0 unspecified atom stereocenters. The van der Waals surface area contributed by atoms with Crippen molar-refractivity contribution in [2.24, 2.45) is 0 Å². The Labute approximate surface area is 149 Å². The molecule has 0 aliphatic heterocycles. The summed E-state index contributed by atoms with van der Waals surface area (Å²) in [5, 5.41) is 2.31. The number of nitrogens with zero attached hydrogens (tertiary/aromatic N) is 1. The molecule has 0 bridgehead atoms. The number of benzene rings is 2. The van der Waals surface area contributed by atoms with E-state index >= 15 is 0 Å². The lowest BCUT2D eigenvalue weighted by molar-refractivity contribution is -0.120. The first-order valence-electron chi connectivity index (χ1n) is 7.60. The molecule has 0 aliphatic carbocycles. The number of anilines is 2. The molecule has 0 radical (unpaired) electrons. The van der Waals surface area contributed by atoms with Crippen LogP contribution in [0.25, 0.3) is 0 Å². The van der Waals surface area contributed by atoms with Crippen molar-refractivity contribution in [2.45, 2.75) is 6.92 Å². The molecule has 0 saturated carbocycles. The molecule has 0 heterocycles. The summed E-state index contributed by atoms with van der Waals surface area (Å²) in [5.41, 5.74) is 0.178. The van der Waals surface area contributed by atoms with Crippen LogP contribution in [-0.2, 0) is 9.59 Å². The smallest absolute Gasteiger partial charge is 0.244 e. The summed E-state index contributed by atoms with van der Waals surface area (Å²) >= 11 is 0. The van der Waals surface area contributed by atoms with Crippen LogP contribution >= 0.6 is 0 Å². The zero-order valence-electron chi connectivity index (χ0n) is 14.5. The number of halogens is 2. The predicted octanol–water partition coefficient (Wildman–Crippen LogP) is 2.97. The first-order valence-corrected chi connectivity index (χ1v) is 7.60. The van der Waals surface area contributed by atoms with Gasteiger partial charge in [-0.2, -0.15) is 0 Å². The van der Waals surface area contributed by atoms with Crippen molar-refractivity contribution in [3.05, 3.63) is 48.0 Å². The van der Waals surface area contributed by atoms with E-state index in [0.717, 1.165) is 12.1 Å². The van der Waals surface area contributed by atoms with Crippen LogP contribution < -0.4 is 19.7 Å². The van der Waals surface area contributed by atoms with Crippen molar-refractivity contribution in [1.82, 2.24) is 0 Å². The van der Waals surface area contributed by atoms with Crippen LogP contribution in [0, 0.1) is 11.6 Å². The van der Waals surface area contributed by atoms with Gasteiger partial charge in [0, 0.05) is 19.1 Å². The van der Waals surface area contributed by atoms with Gasteiger partial charge in [0.1, 0.15) is 29.7 Å². The van der Waals surface area contributed by atoms with E-state index in [9.17, 15) is 18.4 Å². The molecule has 26 heavy (non-hydrogen) atoms. The van der Waals surface area contributed by atoms with Crippen LogP contribution in [0.5, 0.6) is 11.5 Å². The monoisotopic (exact) mass is 364 g/mol. The number of nitrogens with one attached hydrogen (secondary N) is 1. The van der Waals surface area contributed by atoms with E-state index in [0.29, 0.717) is 23.3 Å². The minimum absolute atomic E-state index is 0.179. The number of methoxy groups -OCH3 is 2. The van der Waals surface area contributed by atoms with Crippen molar-refractivity contribution in [2.75, 3.05) is 31.0 Å². The Morgan fingerprint density at radius 1 is 1.08 bits per heavy atom. The van der Waals surface area contributed by atoms with Gasteiger partial charge >= 0.3 is 0 Å². The fourth-order valence-electron chi connectivity index (χ4n) is 2.30. The molecule has 0 fully saturated rings. The minimum atomic E-state index is -0.908. The molecule has 0 spiro atoms. The normalized spacial score (nSPS) is 10.2. The summed E-state index contributed by atoms with van der Waals surface area (Å²) in [6.45, 7) is 0.907. The molecule has 138 valence electrons. The number of carbonyl (C=O) groups is 2. The SMILES string of the molecule is COc1ccc(N(CC(=O)Nc2ccc(F)cc2F)C(C)=O)c(OC)c1. The summed E-state index contributed by atoms with van der Waals surface area (Å²) in [5.74, 6) is -1.87. The number of carbonyl (C=O) groups excluding carboxylic acids is 2. The second-order valence-corrected chi connectivity index (χ2v) is 5.32. The third kappa shape index (κ3) is 4.47. The lowest BCUT2D eigenvalue weighted by Gasteiger charge is -2.23. The van der Waals surface area contributed by atoms with E-state index in [1.807, 2.05) is 0 Å². The van der Waals surface area contributed by atoms with E-state index in [1.54, 1.807) is 18.2 Å². The van der Waals surface area contributed by atoms with Crippen LogP contribution in [0.3, 0.4) is 0 Å². The van der Waals surface area contributed by atoms with Gasteiger partial charge in [-0.25, -0.2) is 8.78 Å². The maximum Gasteiger partial charge on any atom is 0.244 e. The van der Waals surface area contributed by atoms with Gasteiger partial charge in [-0.3, -0.25) is 14.5 Å². The van der Waals surface area contributed by atoms with Gasteiger partial charge in [-0.1, -0.05) is 0 Å². The summed E-state index contributed by atoms with van der Waals surface area (Å²) in [7, 11) is 2.91. The summed E-state index contributed by atoms with van der Waals surface area (Å²) in [4.78, 5) is 25.4. The zero-order valence-corrected chi connectivity index (χ0v) is 14.5. The maximum atomic E-state index is 13.7. The van der Waals surface area contributed by atoms with Crippen LogP contribution in [0.1, 0.15) is 6.92 Å². The topological polar surface area (TPSA) is 67.9 Å². The molecule has 1 N–H and O–H groups in total. The molecular formula is C18H18F2N2O4. The van der Waals surface area contributed by atoms with E-state index in [4.69, 9.17) is 9.47 Å². The standard InChI is InChI=1S/C18H18F2N2O4/c1-11(23)22(16-7-5-13(25-2)9-17(16)26-3)10-18(24)21-15-6-4-12(19)8-14(15)20/h4-9H,10H2,1-3H3,(H,21,24). The van der Waals surface area contributed by atoms with E-state index in [2.05, 4.69) is 5.32 Å². The van der Waals surface area contributed by atoms with Gasteiger partial charge in [-0.15, -0.1) is 0 Å². The Balaban J connectivity index is 2.23. The molecule has 2 rings (SSSR count). The lowest BCUT2D eigenvalue weighted by atomic mass is 10.2. The fraction of sp³-hybridized carbons (Fsp3) is 0.222. The molecule has 0 saturated heterocycles. The molecule has 0 atom stereocenters. The quantitative estimate of drug-likeness (QED) is 0.856. The Morgan fingerprint density at radius 3 is 2.38 bits per heavy atom. The first-order chi connectivity index (χ1) is 12.3. The van der Waals surface area contributed by atoms with Gasteiger partial charge in [0.15, 0.2) is 0 Å². The second kappa shape index (κ2) is 8.28. The van der Waals surface area contributed by atoms with Crippen molar-refractivity contribution in [3.8, 4) is 11.5 Å². The largest absolute Gasteiger partial charge is 0.497 e. The summed E-state index contributed by atoms with van der Waals surface area (Å²) in [6, 6.07) is 7.55. The van der Waals surface area contributed by atoms with Crippen LogP contribution in [-0.4, -0.2) is 32.6 Å². The molecule has 2 aromatic carbocycles. The fourth-order valence-corrected chi connectivity index (χ4v) is 2.30. The predicted molar refractivity (Wildman–Crippen MR) is 92.6 cm³/mol. The molecule has 0 aliphatic rings. The van der Waals surface area contributed by atoms with E-state index in [1.165, 1.54) is 26.0 Å². The average Bonchev–Trinajstić information content (AvgIpc) is 2.61. The van der Waals surface area contributed by atoms with Crippen molar-refractivity contribution in [1.29, 1.82) is 0 Å². The van der Waals surface area contributed by atoms with E-state index < -0.39 is 23.4 Å². The van der Waals surface area contributed by atoms with Crippen molar-refractivity contribution >= 4 is 23.2 Å². The highest BCUT2D eigenvalue weighted by atomic mass is 19.1. The molecule has 6 nitrogen and oxygen atoms in total. The Bertz CT molecular complexity index is 827. The summed E-state index contributed by atoms with van der Waals surface area (Å²) in [6.07, 6.45) is 0. The highest BCUT2D eigenvalue weighted by Crippen LogP contribution is 2.32. The van der Waals surface area contributed by atoms with Crippen LogP contribution in [0.15, 0.2) is 36.4 Å². The molecule has 8 heteroatoms. The Hall–Kier alpha value is -3.16. The molecule has 2 aromatic rings. The van der Waals surface area contributed by atoms with Crippen LogP contribution in [0.4, 0.5) is 20.2 Å². The van der Waals surface area contributed by atoms with Gasteiger partial charge in [0.05, 0.1) is 25.6 Å². The van der Waals surface area contributed by atoms with Gasteiger partial charge in [0.25, 0.3) is 0 Å². The zero-order chi connectivity index (χ0) is 19.3. The van der Waals surface area contributed by atoms with Crippen molar-refractivity contribution in [3.63, 3.8) is 0 Å². The van der Waals surface area contributed by atoms with Gasteiger partial charge in [-0.05, 0) is 24.3 Å². The minimum Gasteiger partial charge on any atom is -0.497 e. The van der Waals surface area contributed by atoms with Crippen LogP contribution in [0.2, 0.25) is 0 Å².